The lowest BCUT2D eigenvalue weighted by molar-refractivity contribution is -0.140. The van der Waals surface area contributed by atoms with E-state index < -0.39 is 18.0 Å². The molecule has 0 aromatic carbocycles. The summed E-state index contributed by atoms with van der Waals surface area (Å²) in [5, 5.41) is 16.0. The number of carboxylic acids is 1. The first-order chi connectivity index (χ1) is 7.90. The highest BCUT2D eigenvalue weighted by Gasteiger charge is 2.23. The first-order valence-corrected chi connectivity index (χ1v) is 6.00. The van der Waals surface area contributed by atoms with E-state index in [-0.39, 0.29) is 5.92 Å². The molecule has 0 spiro atoms. The molecule has 0 fully saturated rings. The number of thiazole rings is 1. The molecule has 3 N–H and O–H groups in total. The first kappa shape index (κ1) is 13.4. The van der Waals surface area contributed by atoms with Crippen molar-refractivity contribution in [2.75, 3.05) is 5.32 Å². The second-order valence-electron chi connectivity index (χ2n) is 3.95. The third-order valence-electron chi connectivity index (χ3n) is 2.06. The Morgan fingerprint density at radius 3 is 2.53 bits per heavy atom. The summed E-state index contributed by atoms with van der Waals surface area (Å²) >= 11 is 1.29. The largest absolute Gasteiger partial charge is 0.480 e. The number of rotatable bonds is 4. The molecule has 94 valence electrons. The number of aromatic nitrogens is 1. The Hall–Kier alpha value is -1.63. The lowest BCUT2D eigenvalue weighted by Gasteiger charge is -2.17. The zero-order chi connectivity index (χ0) is 13.0. The van der Waals surface area contributed by atoms with E-state index >= 15 is 0 Å². The van der Waals surface area contributed by atoms with Crippen LogP contribution < -0.4 is 10.6 Å². The highest BCUT2D eigenvalue weighted by Crippen LogP contribution is 2.14. The highest BCUT2D eigenvalue weighted by atomic mass is 32.1. The smallest absolute Gasteiger partial charge is 0.326 e. The number of amides is 2. The summed E-state index contributed by atoms with van der Waals surface area (Å²) in [5.74, 6) is -1.23. The van der Waals surface area contributed by atoms with E-state index in [0.717, 1.165) is 5.69 Å². The first-order valence-electron chi connectivity index (χ1n) is 5.12. The number of aliphatic carboxylic acids is 1. The molecular weight excluding hydrogens is 242 g/mol. The van der Waals surface area contributed by atoms with Gasteiger partial charge in [0.25, 0.3) is 0 Å². The van der Waals surface area contributed by atoms with Crippen LogP contribution in [0.2, 0.25) is 0 Å². The number of anilines is 1. The maximum absolute atomic E-state index is 11.5. The number of hydrogen-bond acceptors (Lipinski definition) is 4. The molecule has 0 saturated carbocycles. The molecule has 1 atom stereocenters. The molecule has 2 amide bonds. The fourth-order valence-electron chi connectivity index (χ4n) is 1.20. The Bertz CT molecular complexity index is 417. The summed E-state index contributed by atoms with van der Waals surface area (Å²) in [6.07, 6.45) is 0. The van der Waals surface area contributed by atoms with Gasteiger partial charge in [-0.1, -0.05) is 13.8 Å². The Kier molecular flexibility index (Phi) is 4.45. The van der Waals surface area contributed by atoms with Gasteiger partial charge in [-0.2, -0.15) is 0 Å². The number of carbonyl (C=O) groups excluding carboxylic acids is 1. The molecule has 1 heterocycles. The van der Waals surface area contributed by atoms with E-state index in [9.17, 15) is 9.59 Å². The average molecular weight is 257 g/mol. The predicted molar refractivity (Wildman–Crippen MR) is 65.3 cm³/mol. The van der Waals surface area contributed by atoms with Gasteiger partial charge in [0.1, 0.15) is 6.04 Å². The van der Waals surface area contributed by atoms with Crippen LogP contribution in [-0.2, 0) is 4.79 Å². The van der Waals surface area contributed by atoms with E-state index in [1.54, 1.807) is 19.2 Å². The second kappa shape index (κ2) is 5.62. The Morgan fingerprint density at radius 2 is 2.12 bits per heavy atom. The predicted octanol–water partition coefficient (Wildman–Crippen LogP) is 1.68. The minimum Gasteiger partial charge on any atom is -0.480 e. The second-order valence-corrected chi connectivity index (χ2v) is 4.81. The lowest BCUT2D eigenvalue weighted by Crippen LogP contribution is -2.46. The van der Waals surface area contributed by atoms with Crippen molar-refractivity contribution in [1.29, 1.82) is 0 Å². The average Bonchev–Trinajstić information content (AvgIpc) is 2.59. The highest BCUT2D eigenvalue weighted by molar-refractivity contribution is 7.13. The number of nitrogens with zero attached hydrogens (tertiary/aromatic N) is 1. The van der Waals surface area contributed by atoms with Gasteiger partial charge in [0.15, 0.2) is 5.13 Å². The monoisotopic (exact) mass is 257 g/mol. The molecule has 0 aliphatic rings. The van der Waals surface area contributed by atoms with E-state index in [1.807, 2.05) is 6.92 Å². The minimum absolute atomic E-state index is 0.184. The number of nitrogens with one attached hydrogen (secondary N) is 2. The van der Waals surface area contributed by atoms with Crippen LogP contribution in [-0.4, -0.2) is 28.1 Å². The molecule has 0 aliphatic heterocycles. The number of aryl methyl sites for hydroxylation is 1. The van der Waals surface area contributed by atoms with Gasteiger partial charge in [-0.3, -0.25) is 5.32 Å². The van der Waals surface area contributed by atoms with Gasteiger partial charge in [0.2, 0.25) is 0 Å². The molecular formula is C10H15N3O3S. The van der Waals surface area contributed by atoms with Gasteiger partial charge in [-0.15, -0.1) is 11.3 Å². The van der Waals surface area contributed by atoms with Crippen LogP contribution in [0.5, 0.6) is 0 Å². The molecule has 0 aliphatic carbocycles. The lowest BCUT2D eigenvalue weighted by atomic mass is 10.1. The van der Waals surface area contributed by atoms with Gasteiger partial charge in [0, 0.05) is 5.38 Å². The van der Waals surface area contributed by atoms with Crippen molar-refractivity contribution in [1.82, 2.24) is 10.3 Å². The zero-order valence-corrected chi connectivity index (χ0v) is 10.7. The molecule has 7 heteroatoms. The molecule has 0 unspecified atom stereocenters. The van der Waals surface area contributed by atoms with Crippen molar-refractivity contribution in [2.24, 2.45) is 5.92 Å². The van der Waals surface area contributed by atoms with E-state index in [0.29, 0.717) is 5.13 Å². The molecule has 6 nitrogen and oxygen atoms in total. The topological polar surface area (TPSA) is 91.3 Å². The van der Waals surface area contributed by atoms with Crippen molar-refractivity contribution < 1.29 is 14.7 Å². The summed E-state index contributed by atoms with van der Waals surface area (Å²) in [5.41, 5.74) is 0.809. The van der Waals surface area contributed by atoms with E-state index in [4.69, 9.17) is 5.11 Å². The van der Waals surface area contributed by atoms with Crippen LogP contribution in [0, 0.1) is 12.8 Å². The molecule has 1 aromatic heterocycles. The molecule has 1 rings (SSSR count). The van der Waals surface area contributed by atoms with Crippen LogP contribution in [0.1, 0.15) is 19.5 Å². The number of carboxylic acid groups (broad SMARTS) is 1. The third kappa shape index (κ3) is 4.03. The Balaban J connectivity index is 2.56. The van der Waals surface area contributed by atoms with Crippen molar-refractivity contribution in [3.8, 4) is 0 Å². The van der Waals surface area contributed by atoms with Crippen LogP contribution in [0.4, 0.5) is 9.93 Å². The zero-order valence-electron chi connectivity index (χ0n) is 9.85. The molecule has 0 saturated heterocycles. The SMILES string of the molecule is Cc1csc(NC(=O)N[C@H](C(=O)O)C(C)C)n1. The molecule has 1 aromatic rings. The third-order valence-corrected chi connectivity index (χ3v) is 2.93. The van der Waals surface area contributed by atoms with Crippen LogP contribution in [0.25, 0.3) is 0 Å². The summed E-state index contributed by atoms with van der Waals surface area (Å²) in [4.78, 5) is 26.4. The summed E-state index contributed by atoms with van der Waals surface area (Å²) in [6, 6.07) is -1.46. The maximum atomic E-state index is 11.5. The number of carbonyl (C=O) groups is 2. The maximum Gasteiger partial charge on any atom is 0.326 e. The summed E-state index contributed by atoms with van der Waals surface area (Å²) < 4.78 is 0. The minimum atomic E-state index is -1.05. The van der Waals surface area contributed by atoms with Crippen molar-refractivity contribution >= 4 is 28.5 Å². The Morgan fingerprint density at radius 1 is 1.47 bits per heavy atom. The standard InChI is InChI=1S/C10H15N3O3S/c1-5(2)7(8(14)15)12-9(16)13-10-11-6(3)4-17-10/h4-5,7H,1-3H3,(H,14,15)(H2,11,12,13,16)/t7-/m0/s1. The van der Waals surface area contributed by atoms with E-state index in [2.05, 4.69) is 15.6 Å². The van der Waals surface area contributed by atoms with Gasteiger partial charge >= 0.3 is 12.0 Å². The molecule has 17 heavy (non-hydrogen) atoms. The van der Waals surface area contributed by atoms with Gasteiger partial charge in [-0.05, 0) is 12.8 Å². The van der Waals surface area contributed by atoms with Crippen LogP contribution >= 0.6 is 11.3 Å². The van der Waals surface area contributed by atoms with E-state index in [1.165, 1.54) is 11.3 Å². The Labute approximate surface area is 103 Å². The summed E-state index contributed by atoms with van der Waals surface area (Å²) in [7, 11) is 0. The fraction of sp³-hybridized carbons (Fsp3) is 0.500. The van der Waals surface area contributed by atoms with Crippen molar-refractivity contribution in [3.63, 3.8) is 0 Å². The number of hydrogen-bond donors (Lipinski definition) is 3. The van der Waals surface area contributed by atoms with Gasteiger partial charge in [-0.25, -0.2) is 14.6 Å². The van der Waals surface area contributed by atoms with Crippen LogP contribution in [0.3, 0.4) is 0 Å². The van der Waals surface area contributed by atoms with Crippen molar-refractivity contribution in [3.05, 3.63) is 11.1 Å². The summed E-state index contributed by atoms with van der Waals surface area (Å²) in [6.45, 7) is 5.27. The quantitative estimate of drug-likeness (QED) is 0.765. The van der Waals surface area contributed by atoms with Crippen molar-refractivity contribution in [2.45, 2.75) is 26.8 Å². The molecule has 0 bridgehead atoms. The van der Waals surface area contributed by atoms with Gasteiger partial charge < -0.3 is 10.4 Å². The normalized spacial score (nSPS) is 12.2. The molecule has 0 radical (unpaired) electrons. The fourth-order valence-corrected chi connectivity index (χ4v) is 1.88. The number of urea groups is 1. The van der Waals surface area contributed by atoms with Gasteiger partial charge in [0.05, 0.1) is 5.69 Å². The van der Waals surface area contributed by atoms with Crippen LogP contribution in [0.15, 0.2) is 5.38 Å².